The van der Waals surface area contributed by atoms with E-state index in [4.69, 9.17) is 9.47 Å². The third-order valence-electron chi connectivity index (χ3n) is 7.98. The molecule has 1 aliphatic heterocycles. The van der Waals surface area contributed by atoms with Gasteiger partial charge >= 0.3 is 12.1 Å². The van der Waals surface area contributed by atoms with Crippen molar-refractivity contribution in [1.29, 1.82) is 0 Å². The van der Waals surface area contributed by atoms with Crippen molar-refractivity contribution < 1.29 is 24.2 Å². The zero-order valence-electron chi connectivity index (χ0n) is 22.6. The van der Waals surface area contributed by atoms with Gasteiger partial charge in [-0.25, -0.2) is 9.48 Å². The molecule has 2 heterocycles. The first-order valence-electron chi connectivity index (χ1n) is 13.3. The van der Waals surface area contributed by atoms with E-state index < -0.39 is 23.6 Å². The van der Waals surface area contributed by atoms with E-state index in [1.807, 2.05) is 55.5 Å². The largest absolute Gasteiger partial charge is 0.481 e. The zero-order chi connectivity index (χ0) is 27.6. The van der Waals surface area contributed by atoms with Crippen LogP contribution in [0.5, 0.6) is 0 Å². The molecule has 1 aliphatic carbocycles. The minimum Gasteiger partial charge on any atom is -0.481 e. The number of aryl methyl sites for hydroxylation is 1. The lowest BCUT2D eigenvalue weighted by atomic mass is 9.92. The summed E-state index contributed by atoms with van der Waals surface area (Å²) in [6, 6.07) is 15.7. The Kier molecular flexibility index (Phi) is 7.56. The van der Waals surface area contributed by atoms with Gasteiger partial charge < -0.3 is 19.5 Å². The number of benzene rings is 2. The summed E-state index contributed by atoms with van der Waals surface area (Å²) in [6.45, 7) is 3.92. The fourth-order valence-electron chi connectivity index (χ4n) is 5.51. The van der Waals surface area contributed by atoms with Crippen molar-refractivity contribution in [3.05, 3.63) is 70.9 Å². The number of ether oxygens (including phenoxy) is 2. The van der Waals surface area contributed by atoms with Gasteiger partial charge in [0.05, 0.1) is 12.0 Å². The molecule has 1 saturated heterocycles. The number of hydrogen-bond acceptors (Lipinski definition) is 7. The molecular formula is C29H35N5O5. The average molecular weight is 534 g/mol. The Labute approximate surface area is 227 Å². The number of aromatic nitrogens is 3. The summed E-state index contributed by atoms with van der Waals surface area (Å²) in [5.74, 6) is -0.0478. The summed E-state index contributed by atoms with van der Waals surface area (Å²) in [5, 5.41) is 21.0. The number of carboxylic acid groups (broad SMARTS) is 1. The summed E-state index contributed by atoms with van der Waals surface area (Å²) in [5.41, 5.74) is 3.91. The molecule has 5 rings (SSSR count). The van der Waals surface area contributed by atoms with E-state index in [-0.39, 0.29) is 5.92 Å². The van der Waals surface area contributed by atoms with E-state index in [1.54, 1.807) is 18.8 Å². The molecule has 2 aromatic carbocycles. The Balaban J connectivity index is 1.20. The zero-order valence-corrected chi connectivity index (χ0v) is 22.6. The fourth-order valence-corrected chi connectivity index (χ4v) is 5.51. The van der Waals surface area contributed by atoms with Crippen LogP contribution in [0.2, 0.25) is 0 Å². The van der Waals surface area contributed by atoms with Gasteiger partial charge in [-0.15, -0.1) is 5.10 Å². The van der Waals surface area contributed by atoms with Crippen molar-refractivity contribution in [3.8, 4) is 0 Å². The molecule has 0 radical (unpaired) electrons. The average Bonchev–Trinajstić information content (AvgIpc) is 3.69. The second-order valence-electron chi connectivity index (χ2n) is 10.4. The van der Waals surface area contributed by atoms with Gasteiger partial charge in [0, 0.05) is 38.9 Å². The molecule has 2 aliphatic rings. The predicted octanol–water partition coefficient (Wildman–Crippen LogP) is 4.77. The van der Waals surface area contributed by atoms with Crippen molar-refractivity contribution in [2.45, 2.75) is 56.7 Å². The number of carbonyl (C=O) groups is 2. The molecule has 2 fully saturated rings. The maximum absolute atomic E-state index is 12.9. The summed E-state index contributed by atoms with van der Waals surface area (Å²) < 4.78 is 12.5. The van der Waals surface area contributed by atoms with Gasteiger partial charge in [-0.1, -0.05) is 41.6 Å². The number of aliphatic carboxylic acids is 1. The molecule has 3 aromatic rings. The Hall–Kier alpha value is -3.92. The first-order chi connectivity index (χ1) is 18.8. The molecule has 0 bridgehead atoms. The molecule has 1 amide bonds. The molecule has 39 heavy (non-hydrogen) atoms. The van der Waals surface area contributed by atoms with Crippen LogP contribution in [0.4, 0.5) is 16.3 Å². The van der Waals surface area contributed by atoms with Gasteiger partial charge in [0.2, 0.25) is 0 Å². The van der Waals surface area contributed by atoms with Crippen LogP contribution in [0, 0.1) is 0 Å². The minimum absolute atomic E-state index is 0.145. The quantitative estimate of drug-likeness (QED) is 0.404. The summed E-state index contributed by atoms with van der Waals surface area (Å²) in [6.07, 6.45) is 2.09. The van der Waals surface area contributed by atoms with Crippen LogP contribution in [0.25, 0.3) is 0 Å². The highest BCUT2D eigenvalue weighted by molar-refractivity contribution is 5.85. The van der Waals surface area contributed by atoms with Crippen molar-refractivity contribution in [2.75, 3.05) is 30.4 Å². The molecule has 1 aromatic heterocycles. The van der Waals surface area contributed by atoms with E-state index >= 15 is 0 Å². The van der Waals surface area contributed by atoms with Gasteiger partial charge in [-0.05, 0) is 61.4 Å². The summed E-state index contributed by atoms with van der Waals surface area (Å²) >= 11 is 0. The third-order valence-corrected chi connectivity index (χ3v) is 7.98. The van der Waals surface area contributed by atoms with Crippen LogP contribution in [0.15, 0.2) is 48.5 Å². The number of nitrogens with zero attached hydrogens (tertiary/aromatic N) is 4. The monoisotopic (exact) mass is 533 g/mol. The van der Waals surface area contributed by atoms with Gasteiger partial charge in [0.25, 0.3) is 0 Å². The van der Waals surface area contributed by atoms with Crippen LogP contribution >= 0.6 is 0 Å². The van der Waals surface area contributed by atoms with Gasteiger partial charge in [-0.3, -0.25) is 10.1 Å². The lowest BCUT2D eigenvalue weighted by Crippen LogP contribution is -2.33. The number of carbonyl (C=O) groups excluding carboxylic acids is 1. The van der Waals surface area contributed by atoms with Crippen LogP contribution < -0.4 is 10.2 Å². The number of anilines is 2. The molecule has 10 heteroatoms. The number of nitrogens with one attached hydrogen (secondary N) is 1. The molecular weight excluding hydrogens is 498 g/mol. The highest BCUT2D eigenvalue weighted by atomic mass is 16.6. The molecule has 2 N–H and O–H groups in total. The number of amides is 1. The van der Waals surface area contributed by atoms with E-state index in [2.05, 4.69) is 20.5 Å². The first kappa shape index (κ1) is 26.7. The number of carboxylic acids is 1. The summed E-state index contributed by atoms with van der Waals surface area (Å²) in [4.78, 5) is 26.8. The molecule has 0 unspecified atom stereocenters. The Morgan fingerprint density at radius 2 is 1.82 bits per heavy atom. The lowest BCUT2D eigenvalue weighted by molar-refractivity contribution is -0.140. The summed E-state index contributed by atoms with van der Waals surface area (Å²) in [7, 11) is 3.39. The molecule has 0 spiro atoms. The van der Waals surface area contributed by atoms with Gasteiger partial charge in [0.1, 0.15) is 11.8 Å². The predicted molar refractivity (Wildman–Crippen MR) is 146 cm³/mol. The Morgan fingerprint density at radius 3 is 2.46 bits per heavy atom. The minimum atomic E-state index is -0.737. The third kappa shape index (κ3) is 5.47. The fraction of sp³-hybridized carbons (Fsp3) is 0.448. The highest BCUT2D eigenvalue weighted by Gasteiger charge is 2.51. The molecule has 1 atom stereocenters. The van der Waals surface area contributed by atoms with Crippen LogP contribution in [-0.4, -0.2) is 52.4 Å². The van der Waals surface area contributed by atoms with E-state index in [9.17, 15) is 14.7 Å². The normalized spacial score (nSPS) is 17.5. The first-order valence-corrected chi connectivity index (χ1v) is 13.3. The number of piperidine rings is 1. The van der Waals surface area contributed by atoms with Crippen molar-refractivity contribution >= 4 is 23.6 Å². The second kappa shape index (κ2) is 11.1. The maximum atomic E-state index is 12.9. The second-order valence-corrected chi connectivity index (χ2v) is 10.4. The van der Waals surface area contributed by atoms with Crippen molar-refractivity contribution in [2.24, 2.45) is 7.05 Å². The van der Waals surface area contributed by atoms with E-state index in [1.165, 1.54) is 0 Å². The molecule has 1 saturated carbocycles. The lowest BCUT2D eigenvalue weighted by Gasteiger charge is -2.33. The number of rotatable bonds is 9. The van der Waals surface area contributed by atoms with Crippen LogP contribution in [-0.2, 0) is 33.3 Å². The van der Waals surface area contributed by atoms with Crippen LogP contribution in [0.3, 0.4) is 0 Å². The Morgan fingerprint density at radius 1 is 1.13 bits per heavy atom. The van der Waals surface area contributed by atoms with Crippen molar-refractivity contribution in [3.63, 3.8) is 0 Å². The SMILES string of the molecule is COCc1ccccc1[C@H](C)OC(=O)Nc1c(C2CCN(c3ccc(C4(C(=O)O)CC4)cc3)CC2)nnn1C. The van der Waals surface area contributed by atoms with E-state index in [0.29, 0.717) is 25.3 Å². The number of methoxy groups -OCH3 is 1. The van der Waals surface area contributed by atoms with Gasteiger partial charge in [0.15, 0.2) is 5.82 Å². The molecule has 10 nitrogen and oxygen atoms in total. The number of hydrogen-bond donors (Lipinski definition) is 2. The Bertz CT molecular complexity index is 1330. The van der Waals surface area contributed by atoms with E-state index in [0.717, 1.165) is 54.0 Å². The topological polar surface area (TPSA) is 119 Å². The maximum Gasteiger partial charge on any atom is 0.413 e. The standard InChI is InChI=1S/C29H35N5O5/c1-19(24-7-5-4-6-21(24)18-38-3)39-28(37)30-26-25(31-32-33(26)2)20-12-16-34(17-13-20)23-10-8-22(9-11-23)29(14-15-29)27(35)36/h4-11,19-20H,12-18H2,1-3H3,(H,30,37)(H,35,36)/t19-/m0/s1. The van der Waals surface area contributed by atoms with Gasteiger partial charge in [-0.2, -0.15) is 0 Å². The highest BCUT2D eigenvalue weighted by Crippen LogP contribution is 2.48. The smallest absolute Gasteiger partial charge is 0.413 e. The van der Waals surface area contributed by atoms with Crippen LogP contribution in [0.1, 0.15) is 67.0 Å². The van der Waals surface area contributed by atoms with Crippen molar-refractivity contribution in [1.82, 2.24) is 15.0 Å². The molecule has 206 valence electrons.